The number of carbonyl (C=O) groups excluding carboxylic acids is 1. The number of nitrogens with zero attached hydrogens (tertiary/aromatic N) is 1. The van der Waals surface area contributed by atoms with Crippen molar-refractivity contribution in [2.24, 2.45) is 17.8 Å². The number of methoxy groups -OCH3 is 1. The minimum atomic E-state index is -0.848. The Morgan fingerprint density at radius 1 is 1.39 bits per heavy atom. The molecule has 5 heteroatoms. The number of carboxylic acids is 1. The number of carbonyl (C=O) groups is 2. The summed E-state index contributed by atoms with van der Waals surface area (Å²) in [6.07, 6.45) is 2.84. The van der Waals surface area contributed by atoms with Gasteiger partial charge in [0.05, 0.1) is 18.4 Å². The normalized spacial score (nSPS) is 27.7. The second-order valence-corrected chi connectivity index (χ2v) is 5.39. The number of carboxylic acid groups (broad SMARTS) is 1. The maximum Gasteiger partial charge on any atom is 0.307 e. The van der Waals surface area contributed by atoms with E-state index in [-0.39, 0.29) is 17.9 Å². The van der Waals surface area contributed by atoms with Crippen molar-refractivity contribution in [2.45, 2.75) is 32.2 Å². The largest absolute Gasteiger partial charge is 0.481 e. The van der Waals surface area contributed by atoms with Crippen LogP contribution >= 0.6 is 0 Å². The minimum Gasteiger partial charge on any atom is -0.481 e. The van der Waals surface area contributed by atoms with Crippen molar-refractivity contribution in [2.75, 3.05) is 20.3 Å². The molecule has 0 aliphatic heterocycles. The molecule has 0 spiro atoms. The summed E-state index contributed by atoms with van der Waals surface area (Å²) in [6, 6.07) is 0.211. The highest BCUT2D eigenvalue weighted by atomic mass is 16.5. The molecular weight excluding hydrogens is 234 g/mol. The van der Waals surface area contributed by atoms with E-state index in [1.165, 1.54) is 12.8 Å². The third-order valence-electron chi connectivity index (χ3n) is 4.04. The maximum absolute atomic E-state index is 12.3. The van der Waals surface area contributed by atoms with Crippen molar-refractivity contribution in [1.82, 2.24) is 4.90 Å². The average molecular weight is 255 g/mol. The van der Waals surface area contributed by atoms with Gasteiger partial charge in [-0.3, -0.25) is 9.59 Å². The first-order valence-electron chi connectivity index (χ1n) is 6.58. The topological polar surface area (TPSA) is 66.8 Å². The molecule has 18 heavy (non-hydrogen) atoms. The molecule has 3 atom stereocenters. The Balaban J connectivity index is 1.95. The smallest absolute Gasteiger partial charge is 0.307 e. The molecule has 2 saturated carbocycles. The molecule has 0 bridgehead atoms. The molecule has 2 rings (SSSR count). The summed E-state index contributed by atoms with van der Waals surface area (Å²) < 4.78 is 5.04. The molecule has 0 aromatic heterocycles. The highest BCUT2D eigenvalue weighted by Gasteiger charge is 2.51. The molecule has 2 aliphatic carbocycles. The van der Waals surface area contributed by atoms with Crippen molar-refractivity contribution in [1.29, 1.82) is 0 Å². The number of rotatable bonds is 7. The summed E-state index contributed by atoms with van der Waals surface area (Å²) in [5.74, 6) is -1.03. The van der Waals surface area contributed by atoms with E-state index < -0.39 is 11.9 Å². The highest BCUT2D eigenvalue weighted by Crippen LogP contribution is 2.42. The molecule has 102 valence electrons. The lowest BCUT2D eigenvalue weighted by Crippen LogP contribution is -2.43. The monoisotopic (exact) mass is 255 g/mol. The van der Waals surface area contributed by atoms with Crippen LogP contribution in [0.1, 0.15) is 26.2 Å². The summed E-state index contributed by atoms with van der Waals surface area (Å²) in [7, 11) is 1.61. The van der Waals surface area contributed by atoms with Gasteiger partial charge in [-0.2, -0.15) is 0 Å². The van der Waals surface area contributed by atoms with Crippen LogP contribution in [0, 0.1) is 17.8 Å². The second kappa shape index (κ2) is 5.26. The SMILES string of the molecule is COCCN(C(=O)C1CC1C(=O)O)C(C)C1CC1. The van der Waals surface area contributed by atoms with Crippen LogP contribution in [0.4, 0.5) is 0 Å². The first kappa shape index (κ1) is 13.3. The van der Waals surface area contributed by atoms with E-state index in [1.807, 2.05) is 4.90 Å². The average Bonchev–Trinajstić information content (AvgIpc) is 3.17. The Hall–Kier alpha value is -1.10. The molecule has 0 radical (unpaired) electrons. The summed E-state index contributed by atoms with van der Waals surface area (Å²) in [5.41, 5.74) is 0. The zero-order valence-corrected chi connectivity index (χ0v) is 11.0. The van der Waals surface area contributed by atoms with E-state index in [2.05, 4.69) is 6.92 Å². The zero-order valence-electron chi connectivity index (χ0n) is 11.0. The molecule has 0 heterocycles. The van der Waals surface area contributed by atoms with Crippen molar-refractivity contribution >= 4 is 11.9 Å². The fourth-order valence-corrected chi connectivity index (χ4v) is 2.49. The fraction of sp³-hybridized carbons (Fsp3) is 0.846. The Morgan fingerprint density at radius 2 is 2.06 bits per heavy atom. The van der Waals surface area contributed by atoms with Gasteiger partial charge in [-0.1, -0.05) is 0 Å². The molecule has 1 N–H and O–H groups in total. The Bertz CT molecular complexity index is 340. The predicted octanol–water partition coefficient (Wildman–Crippen LogP) is 0.981. The quantitative estimate of drug-likeness (QED) is 0.736. The number of hydrogen-bond acceptors (Lipinski definition) is 3. The Morgan fingerprint density at radius 3 is 2.50 bits per heavy atom. The van der Waals surface area contributed by atoms with Crippen LogP contribution < -0.4 is 0 Å². The lowest BCUT2D eigenvalue weighted by Gasteiger charge is -2.29. The van der Waals surface area contributed by atoms with Crippen molar-refractivity contribution in [3.63, 3.8) is 0 Å². The van der Waals surface area contributed by atoms with Crippen molar-refractivity contribution in [3.8, 4) is 0 Å². The molecule has 0 aromatic carbocycles. The summed E-state index contributed by atoms with van der Waals surface area (Å²) in [6.45, 7) is 3.13. The highest BCUT2D eigenvalue weighted by molar-refractivity contribution is 5.89. The molecule has 1 amide bonds. The van der Waals surface area contributed by atoms with Crippen LogP contribution in [0.5, 0.6) is 0 Å². The number of amides is 1. The van der Waals surface area contributed by atoms with E-state index in [0.717, 1.165) is 0 Å². The lowest BCUT2D eigenvalue weighted by atomic mass is 10.1. The van der Waals surface area contributed by atoms with Crippen LogP contribution in [0.25, 0.3) is 0 Å². The Kier molecular flexibility index (Phi) is 3.90. The standard InChI is InChI=1S/C13H21NO4/c1-8(9-3-4-9)14(5-6-18-2)12(15)10-7-11(10)13(16)17/h8-11H,3-7H2,1-2H3,(H,16,17). The van der Waals surface area contributed by atoms with Gasteiger partial charge in [0.2, 0.25) is 5.91 Å². The minimum absolute atomic E-state index is 0.00106. The summed E-state index contributed by atoms with van der Waals surface area (Å²) in [5, 5.41) is 8.90. The number of hydrogen-bond donors (Lipinski definition) is 1. The predicted molar refractivity (Wildman–Crippen MR) is 65.0 cm³/mol. The number of aliphatic carboxylic acids is 1. The molecule has 5 nitrogen and oxygen atoms in total. The second-order valence-electron chi connectivity index (χ2n) is 5.39. The zero-order chi connectivity index (χ0) is 13.3. The lowest BCUT2D eigenvalue weighted by molar-refractivity contribution is -0.143. The van der Waals surface area contributed by atoms with Crippen LogP contribution in [0.2, 0.25) is 0 Å². The first-order valence-corrected chi connectivity index (χ1v) is 6.58. The van der Waals surface area contributed by atoms with E-state index in [4.69, 9.17) is 9.84 Å². The maximum atomic E-state index is 12.3. The van der Waals surface area contributed by atoms with Gasteiger partial charge in [-0.25, -0.2) is 0 Å². The van der Waals surface area contributed by atoms with Gasteiger partial charge in [0, 0.05) is 19.7 Å². The molecule has 2 fully saturated rings. The van der Waals surface area contributed by atoms with Gasteiger partial charge < -0.3 is 14.7 Å². The molecule has 0 aromatic rings. The molecule has 2 aliphatic rings. The van der Waals surface area contributed by atoms with Gasteiger partial charge in [0.1, 0.15) is 0 Å². The molecule has 0 saturated heterocycles. The Labute approximate surface area is 107 Å². The van der Waals surface area contributed by atoms with Gasteiger partial charge in [-0.15, -0.1) is 0 Å². The van der Waals surface area contributed by atoms with Crippen LogP contribution in [-0.4, -0.2) is 48.2 Å². The van der Waals surface area contributed by atoms with Gasteiger partial charge in [-0.05, 0) is 32.1 Å². The van der Waals surface area contributed by atoms with Crippen LogP contribution in [0.3, 0.4) is 0 Å². The summed E-state index contributed by atoms with van der Waals surface area (Å²) >= 11 is 0. The van der Waals surface area contributed by atoms with E-state index >= 15 is 0 Å². The summed E-state index contributed by atoms with van der Waals surface area (Å²) in [4.78, 5) is 25.0. The fourth-order valence-electron chi connectivity index (χ4n) is 2.49. The van der Waals surface area contributed by atoms with Crippen LogP contribution in [0.15, 0.2) is 0 Å². The van der Waals surface area contributed by atoms with E-state index in [0.29, 0.717) is 25.5 Å². The molecular formula is C13H21NO4. The number of ether oxygens (including phenoxy) is 1. The van der Waals surface area contributed by atoms with E-state index in [9.17, 15) is 9.59 Å². The van der Waals surface area contributed by atoms with Crippen LogP contribution in [-0.2, 0) is 14.3 Å². The van der Waals surface area contributed by atoms with Gasteiger partial charge in [0.15, 0.2) is 0 Å². The third-order valence-corrected chi connectivity index (χ3v) is 4.04. The van der Waals surface area contributed by atoms with Crippen molar-refractivity contribution < 1.29 is 19.4 Å². The first-order chi connectivity index (χ1) is 8.56. The molecule has 3 unspecified atom stereocenters. The van der Waals surface area contributed by atoms with Crippen molar-refractivity contribution in [3.05, 3.63) is 0 Å². The van der Waals surface area contributed by atoms with Gasteiger partial charge >= 0.3 is 5.97 Å². The van der Waals surface area contributed by atoms with E-state index in [1.54, 1.807) is 7.11 Å². The third kappa shape index (κ3) is 2.83. The van der Waals surface area contributed by atoms with Gasteiger partial charge in [0.25, 0.3) is 0 Å².